The van der Waals surface area contributed by atoms with Crippen molar-refractivity contribution in [1.82, 2.24) is 14.9 Å². The molecule has 0 aliphatic carbocycles. The van der Waals surface area contributed by atoms with Gasteiger partial charge in [0.15, 0.2) is 0 Å². The minimum Gasteiger partial charge on any atom is -0.437 e. The number of aromatic nitrogens is 2. The molecule has 0 N–H and O–H groups in total. The molecule has 1 aromatic carbocycles. The fourth-order valence-electron chi connectivity index (χ4n) is 2.92. The van der Waals surface area contributed by atoms with Crippen molar-refractivity contribution in [3.63, 3.8) is 0 Å². The van der Waals surface area contributed by atoms with E-state index in [0.29, 0.717) is 18.2 Å². The molecule has 25 heavy (non-hydrogen) atoms. The first-order valence-electron chi connectivity index (χ1n) is 8.18. The van der Waals surface area contributed by atoms with E-state index in [4.69, 9.17) is 9.47 Å². The van der Waals surface area contributed by atoms with Crippen LogP contribution < -0.4 is 4.74 Å². The second kappa shape index (κ2) is 8.02. The number of methoxy groups -OCH3 is 1. The largest absolute Gasteiger partial charge is 0.437 e. The van der Waals surface area contributed by atoms with Crippen LogP contribution >= 0.6 is 0 Å². The van der Waals surface area contributed by atoms with Crippen LogP contribution in [0.2, 0.25) is 0 Å². The van der Waals surface area contributed by atoms with Gasteiger partial charge in [-0.3, -0.25) is 9.78 Å². The van der Waals surface area contributed by atoms with Gasteiger partial charge in [-0.15, -0.1) is 0 Å². The van der Waals surface area contributed by atoms with Crippen molar-refractivity contribution in [1.29, 1.82) is 0 Å². The normalized spacial score (nSPS) is 17.4. The molecule has 7 heteroatoms. The van der Waals surface area contributed by atoms with Crippen molar-refractivity contribution < 1.29 is 18.7 Å². The Kier molecular flexibility index (Phi) is 5.55. The number of carbonyl (C=O) groups is 1. The minimum absolute atomic E-state index is 0.0210. The number of benzene rings is 1. The van der Waals surface area contributed by atoms with E-state index in [1.807, 2.05) is 0 Å². The first-order valence-corrected chi connectivity index (χ1v) is 8.18. The summed E-state index contributed by atoms with van der Waals surface area (Å²) in [5.74, 6) is 0.377. The Morgan fingerprint density at radius 2 is 2.28 bits per heavy atom. The highest BCUT2D eigenvalue weighted by molar-refractivity contribution is 5.77. The molecule has 3 rings (SSSR count). The zero-order chi connectivity index (χ0) is 17.6. The second-order valence-electron chi connectivity index (χ2n) is 5.95. The quantitative estimate of drug-likeness (QED) is 0.834. The Morgan fingerprint density at radius 3 is 3.08 bits per heavy atom. The lowest BCUT2D eigenvalue weighted by atomic mass is 9.95. The smallest absolute Gasteiger partial charge is 0.248 e. The van der Waals surface area contributed by atoms with Gasteiger partial charge in [-0.1, -0.05) is 6.07 Å². The Bertz CT molecular complexity index is 741. The third kappa shape index (κ3) is 4.51. The summed E-state index contributed by atoms with van der Waals surface area (Å²) in [6, 6.07) is 5.87. The van der Waals surface area contributed by atoms with Crippen molar-refractivity contribution >= 4 is 5.91 Å². The summed E-state index contributed by atoms with van der Waals surface area (Å²) in [5.41, 5.74) is 0.767. The molecule has 0 radical (unpaired) electrons. The van der Waals surface area contributed by atoms with Crippen molar-refractivity contribution in [3.8, 4) is 11.6 Å². The van der Waals surface area contributed by atoms with Crippen LogP contribution in [0.3, 0.4) is 0 Å². The number of halogens is 1. The number of likely N-dealkylation sites (tertiary alicyclic amines) is 1. The third-order valence-corrected chi connectivity index (χ3v) is 4.11. The van der Waals surface area contributed by atoms with Gasteiger partial charge in [0.25, 0.3) is 0 Å². The van der Waals surface area contributed by atoms with E-state index in [9.17, 15) is 9.18 Å². The highest BCUT2D eigenvalue weighted by atomic mass is 19.1. The molecule has 1 aliphatic rings. The molecule has 2 aromatic rings. The van der Waals surface area contributed by atoms with E-state index in [-0.39, 0.29) is 24.2 Å². The van der Waals surface area contributed by atoms with E-state index in [2.05, 4.69) is 9.97 Å². The van der Waals surface area contributed by atoms with Gasteiger partial charge in [0.05, 0.1) is 11.9 Å². The van der Waals surface area contributed by atoms with Crippen LogP contribution in [0.25, 0.3) is 0 Å². The Morgan fingerprint density at radius 1 is 1.40 bits per heavy atom. The Hall–Kier alpha value is -2.54. The van der Waals surface area contributed by atoms with Crippen molar-refractivity contribution in [2.45, 2.75) is 18.8 Å². The number of ether oxygens (including phenoxy) is 2. The summed E-state index contributed by atoms with van der Waals surface area (Å²) in [7, 11) is 1.51. The van der Waals surface area contributed by atoms with Crippen molar-refractivity contribution in [2.75, 3.05) is 26.8 Å². The zero-order valence-electron chi connectivity index (χ0n) is 14.0. The van der Waals surface area contributed by atoms with Gasteiger partial charge in [0, 0.05) is 38.4 Å². The van der Waals surface area contributed by atoms with Gasteiger partial charge < -0.3 is 14.4 Å². The molecule has 1 amide bonds. The van der Waals surface area contributed by atoms with Gasteiger partial charge >= 0.3 is 0 Å². The number of nitrogens with zero attached hydrogens (tertiary/aromatic N) is 3. The summed E-state index contributed by atoms with van der Waals surface area (Å²) in [4.78, 5) is 22.5. The van der Waals surface area contributed by atoms with Crippen LogP contribution in [0.15, 0.2) is 36.7 Å². The SMILES string of the molecule is COCC(=O)N1CCC[C@H](c2cncc(Oc3cccc(F)c3)n2)C1. The monoisotopic (exact) mass is 345 g/mol. The van der Waals surface area contributed by atoms with E-state index in [1.54, 1.807) is 23.2 Å². The summed E-state index contributed by atoms with van der Waals surface area (Å²) < 4.78 is 23.8. The van der Waals surface area contributed by atoms with Gasteiger partial charge in [0.2, 0.25) is 11.8 Å². The van der Waals surface area contributed by atoms with Gasteiger partial charge in [0.1, 0.15) is 18.2 Å². The topological polar surface area (TPSA) is 64.5 Å². The summed E-state index contributed by atoms with van der Waals surface area (Å²) in [6.07, 6.45) is 5.00. The van der Waals surface area contributed by atoms with Crippen LogP contribution in [0.4, 0.5) is 4.39 Å². The maximum absolute atomic E-state index is 13.3. The number of hydrogen-bond donors (Lipinski definition) is 0. The van der Waals surface area contributed by atoms with Crippen molar-refractivity contribution in [2.24, 2.45) is 0 Å². The van der Waals surface area contributed by atoms with E-state index in [1.165, 1.54) is 25.4 Å². The maximum Gasteiger partial charge on any atom is 0.248 e. The molecule has 1 saturated heterocycles. The summed E-state index contributed by atoms with van der Waals surface area (Å²) in [6.45, 7) is 1.40. The lowest BCUT2D eigenvalue weighted by molar-refractivity contribution is -0.136. The standard InChI is InChI=1S/C18H20FN3O3/c1-24-12-18(23)22-7-3-4-13(11-22)16-9-20-10-17(21-16)25-15-6-2-5-14(19)8-15/h2,5-6,8-10,13H,3-4,7,11-12H2,1H3/t13-/m0/s1. The van der Waals surface area contributed by atoms with Crippen LogP contribution in [0.1, 0.15) is 24.5 Å². The Labute approximate surface area is 145 Å². The average molecular weight is 345 g/mol. The highest BCUT2D eigenvalue weighted by Gasteiger charge is 2.26. The molecular weight excluding hydrogens is 325 g/mol. The summed E-state index contributed by atoms with van der Waals surface area (Å²) >= 11 is 0. The van der Waals surface area contributed by atoms with Crippen LogP contribution in [-0.4, -0.2) is 47.6 Å². The molecular formula is C18H20FN3O3. The first kappa shape index (κ1) is 17.3. The lowest BCUT2D eigenvalue weighted by Gasteiger charge is -2.32. The molecule has 1 fully saturated rings. The first-order chi connectivity index (χ1) is 12.2. The molecule has 0 saturated carbocycles. The number of rotatable bonds is 5. The molecule has 2 heterocycles. The lowest BCUT2D eigenvalue weighted by Crippen LogP contribution is -2.41. The van der Waals surface area contributed by atoms with Crippen LogP contribution in [0, 0.1) is 5.82 Å². The molecule has 6 nitrogen and oxygen atoms in total. The zero-order valence-corrected chi connectivity index (χ0v) is 14.0. The molecule has 1 atom stereocenters. The van der Waals surface area contributed by atoms with Gasteiger partial charge in [-0.2, -0.15) is 0 Å². The minimum atomic E-state index is -0.374. The van der Waals surface area contributed by atoms with E-state index >= 15 is 0 Å². The molecule has 0 spiro atoms. The highest BCUT2D eigenvalue weighted by Crippen LogP contribution is 2.27. The second-order valence-corrected chi connectivity index (χ2v) is 5.95. The predicted octanol–water partition coefficient (Wildman–Crippen LogP) is 2.76. The third-order valence-electron chi connectivity index (χ3n) is 4.11. The van der Waals surface area contributed by atoms with E-state index in [0.717, 1.165) is 25.1 Å². The van der Waals surface area contributed by atoms with E-state index < -0.39 is 0 Å². The number of piperidine rings is 1. The Balaban J connectivity index is 1.71. The van der Waals surface area contributed by atoms with Gasteiger partial charge in [-0.05, 0) is 25.0 Å². The number of amides is 1. The fourth-order valence-corrected chi connectivity index (χ4v) is 2.92. The average Bonchev–Trinajstić information content (AvgIpc) is 2.62. The molecule has 1 aliphatic heterocycles. The molecule has 0 bridgehead atoms. The summed E-state index contributed by atoms with van der Waals surface area (Å²) in [5, 5.41) is 0. The molecule has 132 valence electrons. The number of carbonyl (C=O) groups excluding carboxylic acids is 1. The molecule has 0 unspecified atom stereocenters. The fraction of sp³-hybridized carbons (Fsp3) is 0.389. The maximum atomic E-state index is 13.3. The van der Waals surface area contributed by atoms with Crippen LogP contribution in [-0.2, 0) is 9.53 Å². The number of hydrogen-bond acceptors (Lipinski definition) is 5. The van der Waals surface area contributed by atoms with Crippen molar-refractivity contribution in [3.05, 3.63) is 48.2 Å². The molecule has 1 aromatic heterocycles. The predicted molar refractivity (Wildman–Crippen MR) is 88.9 cm³/mol. The van der Waals surface area contributed by atoms with Crippen LogP contribution in [0.5, 0.6) is 11.6 Å². The van der Waals surface area contributed by atoms with Gasteiger partial charge in [-0.25, -0.2) is 9.37 Å².